The van der Waals surface area contributed by atoms with Gasteiger partial charge in [-0.1, -0.05) is 188 Å². The molecular weight excluding hydrogens is 1750 g/mol. The summed E-state index contributed by atoms with van der Waals surface area (Å²) in [5.74, 6) is 3.17. The number of amides is 9. The number of anilines is 6. The number of pyridine rings is 2. The summed E-state index contributed by atoms with van der Waals surface area (Å²) in [6, 6.07) is 35.9. The number of para-hydroxylation sites is 2. The summed E-state index contributed by atoms with van der Waals surface area (Å²) in [5, 5.41) is 36.5. The normalized spacial score (nSPS) is 10.0. The molecule has 0 bridgehead atoms. The van der Waals surface area contributed by atoms with E-state index in [1.807, 2.05) is 139 Å². The van der Waals surface area contributed by atoms with E-state index >= 15 is 0 Å². The van der Waals surface area contributed by atoms with Crippen molar-refractivity contribution >= 4 is 139 Å². The third-order valence-corrected chi connectivity index (χ3v) is 16.7. The van der Waals surface area contributed by atoms with Crippen molar-refractivity contribution in [3.8, 4) is 11.5 Å². The number of phenols is 1. The Kier molecular flexibility index (Phi) is 69.4. The van der Waals surface area contributed by atoms with Crippen molar-refractivity contribution in [3.05, 3.63) is 182 Å². The van der Waals surface area contributed by atoms with Crippen LogP contribution in [-0.2, 0) is 76.6 Å². The third-order valence-electron chi connectivity index (χ3n) is 16.7. The number of hydrogen-bond donors (Lipinski definition) is 14. The Morgan fingerprint density at radius 2 is 0.912 bits per heavy atom. The number of ketones is 5. The van der Waals surface area contributed by atoms with Crippen LogP contribution in [0.4, 0.5) is 34.4 Å². The van der Waals surface area contributed by atoms with Crippen LogP contribution in [0.15, 0.2) is 175 Å². The van der Waals surface area contributed by atoms with Crippen LogP contribution in [0.5, 0.6) is 11.5 Å². The maximum Gasteiger partial charge on any atom is 0.342 e. The number of phenolic OH excluding ortho intramolecular Hbond substituents is 1. The van der Waals surface area contributed by atoms with Crippen molar-refractivity contribution in [2.24, 2.45) is 88.1 Å². The maximum atomic E-state index is 11.6. The van der Waals surface area contributed by atoms with E-state index in [2.05, 4.69) is 61.7 Å². The lowest BCUT2D eigenvalue weighted by Gasteiger charge is -2.09. The second-order valence-electron chi connectivity index (χ2n) is 32.6. The van der Waals surface area contributed by atoms with E-state index < -0.39 is 23.8 Å². The number of aromatic nitrogens is 5. The lowest BCUT2D eigenvalue weighted by Crippen LogP contribution is -2.33. The highest BCUT2D eigenvalue weighted by Crippen LogP contribution is 2.23. The van der Waals surface area contributed by atoms with Gasteiger partial charge in [-0.3, -0.25) is 87.6 Å². The Balaban J connectivity index is -0.000000711. The molecule has 0 aliphatic rings. The predicted octanol–water partition coefficient (Wildman–Crippen LogP) is 13.2. The number of primary amides is 3. The molecular formula is C98H145N17O21. The molecule has 748 valence electrons. The monoisotopic (exact) mass is 1900 g/mol. The molecule has 136 heavy (non-hydrogen) atoms. The lowest BCUT2D eigenvalue weighted by molar-refractivity contribution is -0.125. The number of methoxy groups -OCH3 is 1. The van der Waals surface area contributed by atoms with Crippen LogP contribution in [0.1, 0.15) is 199 Å². The fraction of sp³-hybridized carbons (Fsp3) is 0.429. The molecule has 0 spiro atoms. The van der Waals surface area contributed by atoms with Crippen LogP contribution >= 0.6 is 0 Å². The number of Topliss-reactive ketones (excluding diaryl/α,β-unsaturated/α-hetero) is 4. The largest absolute Gasteiger partial charge is 0.507 e. The lowest BCUT2D eigenvalue weighted by atomic mass is 10.0. The van der Waals surface area contributed by atoms with Crippen molar-refractivity contribution < 1.29 is 101 Å². The predicted molar refractivity (Wildman–Crippen MR) is 527 cm³/mol. The molecule has 8 rings (SSSR count). The molecule has 38 heteroatoms. The number of rotatable bonds is 31. The van der Waals surface area contributed by atoms with Crippen molar-refractivity contribution in [3.63, 3.8) is 0 Å². The highest BCUT2D eigenvalue weighted by molar-refractivity contribution is 6.05. The number of fused-ring (bicyclic) bond motifs is 1. The maximum absolute atomic E-state index is 11.6. The van der Waals surface area contributed by atoms with Gasteiger partial charge in [-0.2, -0.15) is 5.10 Å². The number of nitrogens with zero attached hydrogens (tertiary/aromatic N) is 4. The minimum atomic E-state index is -0.688. The second-order valence-corrected chi connectivity index (χ2v) is 32.6. The minimum Gasteiger partial charge on any atom is -0.507 e. The van der Waals surface area contributed by atoms with Crippen LogP contribution in [0, 0.1) is 65.1 Å². The van der Waals surface area contributed by atoms with Gasteiger partial charge in [0.15, 0.2) is 36.4 Å². The molecule has 0 aliphatic heterocycles. The van der Waals surface area contributed by atoms with Gasteiger partial charge in [0.25, 0.3) is 0 Å². The average Bonchev–Trinajstić information content (AvgIpc) is 1.31. The SMILES string of the molecule is CC(C)C(=O)CCC(N)=O.CC(C)C(=O)CCC(N)=O.CC(C)C(=O)COC(=O)c1ccc(N)cc1.CC(C)C(=O)COC(=O)c1ccccc1O.CC(C)C(=O)NN.CC(C)C(=O)Nc1cccnc1.CC(C)C(=O)Nc1ccn[nH]1.CC(C)C(=O)Nc1ccnc2ccccc12.CC(C)C(=O)Nc1ccon1.CC(C)C(N)=O.CNC.COc1ccc(NC(=O)/C=C/C(=O)C(C)C)cc1. The number of hydrazine groups is 1. The number of ether oxygens (including phenoxy) is 3. The number of nitrogens with two attached hydrogens (primary N) is 5. The van der Waals surface area contributed by atoms with Gasteiger partial charge in [-0.25, -0.2) is 15.4 Å². The van der Waals surface area contributed by atoms with Crippen molar-refractivity contribution in [1.82, 2.24) is 36.1 Å². The number of aromatic hydroxyl groups is 1. The van der Waals surface area contributed by atoms with Crippen LogP contribution in [0.3, 0.4) is 0 Å². The zero-order valence-corrected chi connectivity index (χ0v) is 83.0. The van der Waals surface area contributed by atoms with Crippen LogP contribution in [-0.4, -0.2) is 159 Å². The summed E-state index contributed by atoms with van der Waals surface area (Å²) in [5.41, 5.74) is 26.2. The molecule has 8 aromatic rings. The smallest absolute Gasteiger partial charge is 0.342 e. The molecule has 4 aromatic carbocycles. The molecule has 0 radical (unpaired) electrons. The zero-order valence-electron chi connectivity index (χ0n) is 83.0. The molecule has 0 atom stereocenters. The molecule has 0 aliphatic carbocycles. The van der Waals surface area contributed by atoms with E-state index in [1.165, 1.54) is 30.5 Å². The third kappa shape index (κ3) is 65.1. The first-order chi connectivity index (χ1) is 63.6. The Hall–Kier alpha value is -14.6. The van der Waals surface area contributed by atoms with Gasteiger partial charge in [-0.05, 0) is 105 Å². The van der Waals surface area contributed by atoms with Crippen molar-refractivity contribution in [2.45, 2.75) is 178 Å². The Morgan fingerprint density at radius 3 is 1.32 bits per heavy atom. The van der Waals surface area contributed by atoms with E-state index in [4.69, 9.17) is 43.0 Å². The van der Waals surface area contributed by atoms with Gasteiger partial charge < -0.3 is 78.7 Å². The van der Waals surface area contributed by atoms with Gasteiger partial charge in [0.05, 0.1) is 42.0 Å². The van der Waals surface area contributed by atoms with Crippen LogP contribution < -0.4 is 70.8 Å². The van der Waals surface area contributed by atoms with E-state index in [-0.39, 0.29) is 186 Å². The first-order valence-corrected chi connectivity index (χ1v) is 43.7. The summed E-state index contributed by atoms with van der Waals surface area (Å²) < 4.78 is 19.2. The summed E-state index contributed by atoms with van der Waals surface area (Å²) in [6.45, 7) is 39.2. The number of carbonyl (C=O) groups is 16. The number of carbonyl (C=O) groups excluding carboxylic acids is 16. The number of benzene rings is 4. The van der Waals surface area contributed by atoms with Crippen molar-refractivity contribution in [1.29, 1.82) is 0 Å². The second kappa shape index (κ2) is 73.9. The topological polar surface area (TPSA) is 616 Å². The Morgan fingerprint density at radius 1 is 0.449 bits per heavy atom. The van der Waals surface area contributed by atoms with E-state index in [0.717, 1.165) is 28.0 Å². The first kappa shape index (κ1) is 128. The van der Waals surface area contributed by atoms with Crippen LogP contribution in [0.25, 0.3) is 10.9 Å². The van der Waals surface area contributed by atoms with Gasteiger partial charge >= 0.3 is 11.9 Å². The van der Waals surface area contributed by atoms with Crippen molar-refractivity contribution in [2.75, 3.05) is 66.7 Å². The molecule has 0 saturated carbocycles. The summed E-state index contributed by atoms with van der Waals surface area (Å²) in [6.07, 6.45) is 11.5. The number of aromatic amines is 1. The molecule has 4 heterocycles. The molecule has 4 aromatic heterocycles. The fourth-order valence-corrected chi connectivity index (χ4v) is 7.83. The number of H-pyrrole nitrogens is 1. The molecule has 0 fully saturated rings. The van der Waals surface area contributed by atoms with E-state index in [9.17, 15) is 81.8 Å². The summed E-state index contributed by atoms with van der Waals surface area (Å²) >= 11 is 0. The minimum absolute atomic E-state index is 0.00157. The number of nitrogen functional groups attached to an aromatic ring is 1. The van der Waals surface area contributed by atoms with Gasteiger partial charge in [0, 0.05) is 138 Å². The Bertz CT molecular complexity index is 4810. The molecule has 0 unspecified atom stereocenters. The molecule has 9 amide bonds. The molecule has 0 saturated heterocycles. The highest BCUT2D eigenvalue weighted by atomic mass is 16.5. The number of nitrogens with one attached hydrogen (secondary N) is 8. The standard InChI is InChI=1S/C14H17NO3.C13H14N2O.C12H15NO3.C12H14O4.C9H12N2O.C7H11N3O.C7H10N2O2.2C7H13NO2.C4H10N2O.C4H9NO.C2H7N/c1-10(2)13(16)8-9-14(17)15-11-4-6-12(18-3)7-5-11;1-9(2)13(16)15-12-7-8-14-11-6-4-3-5-10(11)12;1-8(2)11(14)7-16-12(15)9-3-5-10(13)6-4-9;1-8(2)11(14)7-16-12(15)9-5-3-4-6-10(9)13;1-7(2)9(12)11-8-4-3-5-10-6-8;1-5(2)7(11)9-6-3-4-8-10-6;1-5(2)7(10)8-6-3-4-11-9-6;2*1-5(2)6(9)3-4-7(8)10;1-3(2)4(7)6-5;1-3(2)4(5)6;1-3-2/h4-10H,1-3H3,(H,15,17);3-9H,1-2H3,(H,14,15,16);3-6,8H,7,13H2,1-2H3;3-6,8,13H,7H2,1-2H3;3-7H,1-2H3,(H,11,12);3-5H,1-2H3,(H2,8,9,10,11);3-5H,1-2H3,(H,8,9,10);2*5H,3-4H2,1-2H3,(H2,8,10);3H,5H2,1-2H3,(H,6,7);3H,1-2H3,(H2,5,6);3H,1-2H3/b9-8+;;;;;;;;;;;. The Labute approximate surface area is 798 Å². The highest BCUT2D eigenvalue weighted by Gasteiger charge is 2.18. The molecule has 19 N–H and O–H groups in total. The average molecular weight is 1900 g/mol. The van der Waals surface area contributed by atoms with E-state index in [1.54, 1.807) is 180 Å². The zero-order chi connectivity index (χ0) is 105. The number of allylic oxidation sites excluding steroid dienone is 1. The van der Waals surface area contributed by atoms with E-state index in [0.29, 0.717) is 28.6 Å². The quantitative estimate of drug-likeness (QED) is 0.00479. The van der Waals surface area contributed by atoms with Gasteiger partial charge in [-0.15, -0.1) is 0 Å². The number of hydrogen-bond acceptors (Lipinski definition) is 28. The van der Waals surface area contributed by atoms with Crippen LogP contribution in [0.2, 0.25) is 0 Å². The first-order valence-electron chi connectivity index (χ1n) is 43.7. The van der Waals surface area contributed by atoms with Gasteiger partial charge in [0.2, 0.25) is 53.2 Å². The summed E-state index contributed by atoms with van der Waals surface area (Å²) in [7, 11) is 5.33. The summed E-state index contributed by atoms with van der Waals surface area (Å²) in [4.78, 5) is 183. The molecule has 38 nitrogen and oxygen atoms in total. The number of esters is 2. The van der Waals surface area contributed by atoms with Gasteiger partial charge in [0.1, 0.15) is 40.7 Å². The fourth-order valence-electron chi connectivity index (χ4n) is 7.83.